The van der Waals surface area contributed by atoms with Crippen LogP contribution in [0.4, 0.5) is 0 Å². The van der Waals surface area contributed by atoms with Crippen molar-refractivity contribution < 1.29 is 0 Å². The minimum absolute atomic E-state index is 0.836. The zero-order valence-electron chi connectivity index (χ0n) is 9.14. The smallest absolute Gasteiger partial charge is 0.146 e. The topological polar surface area (TPSA) is 55.6 Å². The van der Waals surface area contributed by atoms with Gasteiger partial charge in [0.25, 0.3) is 0 Å². The fourth-order valence-corrected chi connectivity index (χ4v) is 2.06. The molecule has 0 bridgehead atoms. The summed E-state index contributed by atoms with van der Waals surface area (Å²) in [5, 5.41) is 3.35. The van der Waals surface area contributed by atoms with Gasteiger partial charge >= 0.3 is 0 Å². The maximum Gasteiger partial charge on any atom is 0.146 e. The van der Waals surface area contributed by atoms with Crippen LogP contribution in [-0.4, -0.2) is 26.1 Å². The number of nitrogens with zero attached hydrogens (tertiary/aromatic N) is 4. The van der Waals surface area contributed by atoms with Crippen LogP contribution in [0.25, 0.3) is 5.82 Å². The molecule has 2 aromatic heterocycles. The van der Waals surface area contributed by atoms with Gasteiger partial charge in [-0.05, 0) is 6.92 Å². The van der Waals surface area contributed by atoms with Gasteiger partial charge in [-0.1, -0.05) is 0 Å². The lowest BCUT2D eigenvalue weighted by Crippen LogP contribution is -2.26. The molecule has 82 valence electrons. The predicted octanol–water partition coefficient (Wildman–Crippen LogP) is 0.616. The zero-order valence-corrected chi connectivity index (χ0v) is 9.14. The highest BCUT2D eigenvalue weighted by molar-refractivity contribution is 5.38. The lowest BCUT2D eigenvalue weighted by molar-refractivity contribution is 0.619. The number of aromatic nitrogens is 4. The number of fused-ring (bicyclic) bond motifs is 1. The molecule has 0 aromatic carbocycles. The van der Waals surface area contributed by atoms with E-state index in [1.54, 1.807) is 12.5 Å². The number of nitrogens with one attached hydrogen (secondary N) is 1. The summed E-state index contributed by atoms with van der Waals surface area (Å²) in [4.78, 5) is 12.9. The van der Waals surface area contributed by atoms with Gasteiger partial charge in [0.1, 0.15) is 18.0 Å². The Hall–Kier alpha value is -1.75. The van der Waals surface area contributed by atoms with Crippen LogP contribution in [0.3, 0.4) is 0 Å². The highest BCUT2D eigenvalue weighted by atomic mass is 15.1. The van der Waals surface area contributed by atoms with E-state index >= 15 is 0 Å². The third-order valence-corrected chi connectivity index (χ3v) is 2.91. The molecule has 3 rings (SSSR count). The summed E-state index contributed by atoms with van der Waals surface area (Å²) < 4.78 is 2.01. The van der Waals surface area contributed by atoms with Gasteiger partial charge in [-0.2, -0.15) is 0 Å². The second kappa shape index (κ2) is 3.68. The van der Waals surface area contributed by atoms with Crippen molar-refractivity contribution >= 4 is 0 Å². The Morgan fingerprint density at radius 3 is 3.06 bits per heavy atom. The predicted molar refractivity (Wildman–Crippen MR) is 59.3 cm³/mol. The van der Waals surface area contributed by atoms with Crippen molar-refractivity contribution in [3.63, 3.8) is 0 Å². The van der Waals surface area contributed by atoms with Crippen molar-refractivity contribution in [2.45, 2.75) is 19.9 Å². The molecule has 0 amide bonds. The second-order valence-corrected chi connectivity index (χ2v) is 3.89. The van der Waals surface area contributed by atoms with Gasteiger partial charge in [0.2, 0.25) is 0 Å². The molecule has 3 heterocycles. The van der Waals surface area contributed by atoms with Gasteiger partial charge in [-0.15, -0.1) is 0 Å². The Labute approximate surface area is 93.6 Å². The third-order valence-electron chi connectivity index (χ3n) is 2.91. The summed E-state index contributed by atoms with van der Waals surface area (Å²) in [6.45, 7) is 3.81. The molecule has 0 spiro atoms. The van der Waals surface area contributed by atoms with Gasteiger partial charge in [0.05, 0.1) is 5.69 Å². The van der Waals surface area contributed by atoms with Gasteiger partial charge in [-0.25, -0.2) is 15.0 Å². The summed E-state index contributed by atoms with van der Waals surface area (Å²) in [5.74, 6) is 1.90. The molecule has 0 unspecified atom stereocenters. The molecule has 5 nitrogen and oxygen atoms in total. The van der Waals surface area contributed by atoms with Gasteiger partial charge in [-0.3, -0.25) is 4.57 Å². The number of rotatable bonds is 1. The molecule has 2 aromatic rings. The van der Waals surface area contributed by atoms with Crippen molar-refractivity contribution in [2.75, 3.05) is 6.54 Å². The molecule has 1 aliphatic rings. The first-order valence-electron chi connectivity index (χ1n) is 5.40. The first-order valence-corrected chi connectivity index (χ1v) is 5.40. The summed E-state index contributed by atoms with van der Waals surface area (Å²) in [6.07, 6.45) is 6.34. The van der Waals surface area contributed by atoms with Crippen LogP contribution in [0.1, 0.15) is 17.1 Å². The van der Waals surface area contributed by atoms with E-state index in [2.05, 4.69) is 20.3 Å². The van der Waals surface area contributed by atoms with E-state index in [4.69, 9.17) is 0 Å². The Morgan fingerprint density at radius 1 is 1.31 bits per heavy atom. The zero-order chi connectivity index (χ0) is 11.0. The molecule has 0 aliphatic carbocycles. The Kier molecular flexibility index (Phi) is 2.18. The van der Waals surface area contributed by atoms with Gasteiger partial charge in [0, 0.05) is 37.5 Å². The Bertz CT molecular complexity index is 517. The van der Waals surface area contributed by atoms with Crippen molar-refractivity contribution in [3.8, 4) is 5.82 Å². The number of hydrogen-bond donors (Lipinski definition) is 1. The first kappa shape index (κ1) is 9.47. The quantitative estimate of drug-likeness (QED) is 0.757. The van der Waals surface area contributed by atoms with Crippen LogP contribution in [0.2, 0.25) is 0 Å². The maximum absolute atomic E-state index is 4.37. The second-order valence-electron chi connectivity index (χ2n) is 3.89. The molecule has 0 saturated carbocycles. The fraction of sp³-hybridized carbons (Fsp3) is 0.364. The molecular formula is C11H13N5. The van der Waals surface area contributed by atoms with Crippen LogP contribution < -0.4 is 5.32 Å². The van der Waals surface area contributed by atoms with E-state index in [1.807, 2.05) is 17.7 Å². The molecule has 0 saturated heterocycles. The van der Waals surface area contributed by atoms with Crippen LogP contribution >= 0.6 is 0 Å². The fourth-order valence-electron chi connectivity index (χ4n) is 2.06. The molecule has 0 atom stereocenters. The molecular weight excluding hydrogens is 202 g/mol. The van der Waals surface area contributed by atoms with Crippen molar-refractivity contribution in [1.82, 2.24) is 24.8 Å². The molecule has 1 N–H and O–H groups in total. The SMILES string of the molecule is Cc1nccn1-c1ncnc2c1CNCC2. The van der Waals surface area contributed by atoms with Gasteiger partial charge < -0.3 is 5.32 Å². The molecule has 5 heteroatoms. The molecule has 0 radical (unpaired) electrons. The van der Waals surface area contributed by atoms with Crippen LogP contribution in [0, 0.1) is 6.92 Å². The summed E-state index contributed by atoms with van der Waals surface area (Å²) in [6, 6.07) is 0. The number of imidazole rings is 1. The minimum Gasteiger partial charge on any atom is -0.312 e. The summed E-state index contributed by atoms with van der Waals surface area (Å²) >= 11 is 0. The molecule has 0 fully saturated rings. The Morgan fingerprint density at radius 2 is 2.25 bits per heavy atom. The lowest BCUT2D eigenvalue weighted by Gasteiger charge is -2.18. The van der Waals surface area contributed by atoms with Crippen molar-refractivity contribution in [2.24, 2.45) is 0 Å². The van der Waals surface area contributed by atoms with Crippen LogP contribution in [0.5, 0.6) is 0 Å². The highest BCUT2D eigenvalue weighted by Crippen LogP contribution is 2.18. The normalized spacial score (nSPS) is 14.8. The lowest BCUT2D eigenvalue weighted by atomic mass is 10.1. The standard InChI is InChI=1S/C11H13N5/c1-8-13-4-5-16(8)11-9-6-12-3-2-10(9)14-7-15-11/h4-5,7,12H,2-3,6H2,1H3. The molecule has 1 aliphatic heterocycles. The van der Waals surface area contributed by atoms with E-state index in [0.29, 0.717) is 0 Å². The van der Waals surface area contributed by atoms with Gasteiger partial charge in [0.15, 0.2) is 0 Å². The van der Waals surface area contributed by atoms with E-state index in [1.165, 1.54) is 5.56 Å². The van der Waals surface area contributed by atoms with Crippen molar-refractivity contribution in [1.29, 1.82) is 0 Å². The average Bonchev–Trinajstić information content (AvgIpc) is 2.75. The third kappa shape index (κ3) is 1.40. The Balaban J connectivity index is 2.18. The minimum atomic E-state index is 0.836. The summed E-state index contributed by atoms with van der Waals surface area (Å²) in [7, 11) is 0. The van der Waals surface area contributed by atoms with E-state index in [0.717, 1.165) is 36.8 Å². The average molecular weight is 215 g/mol. The monoisotopic (exact) mass is 215 g/mol. The van der Waals surface area contributed by atoms with E-state index in [9.17, 15) is 0 Å². The molecule has 16 heavy (non-hydrogen) atoms. The largest absolute Gasteiger partial charge is 0.312 e. The number of aryl methyl sites for hydroxylation is 1. The van der Waals surface area contributed by atoms with E-state index < -0.39 is 0 Å². The maximum atomic E-state index is 4.37. The number of hydrogen-bond acceptors (Lipinski definition) is 4. The van der Waals surface area contributed by atoms with Crippen molar-refractivity contribution in [3.05, 3.63) is 35.8 Å². The first-order chi connectivity index (χ1) is 7.86. The summed E-state index contributed by atoms with van der Waals surface area (Å²) in [5.41, 5.74) is 2.34. The van der Waals surface area contributed by atoms with Crippen LogP contribution in [-0.2, 0) is 13.0 Å². The van der Waals surface area contributed by atoms with E-state index in [-0.39, 0.29) is 0 Å². The highest BCUT2D eigenvalue weighted by Gasteiger charge is 2.16. The van der Waals surface area contributed by atoms with Crippen LogP contribution in [0.15, 0.2) is 18.7 Å².